The number of aromatic nitrogens is 2. The maximum Gasteiger partial charge on any atom is 0.162 e. The zero-order chi connectivity index (χ0) is 13.4. The summed E-state index contributed by atoms with van der Waals surface area (Å²) in [7, 11) is 0. The van der Waals surface area contributed by atoms with Crippen molar-refractivity contribution in [2.75, 3.05) is 0 Å². The van der Waals surface area contributed by atoms with Crippen LogP contribution in [0.4, 0.5) is 0 Å². The van der Waals surface area contributed by atoms with Gasteiger partial charge in [0.25, 0.3) is 0 Å². The Morgan fingerprint density at radius 1 is 0.842 bits per heavy atom. The smallest absolute Gasteiger partial charge is 0.162 e. The molecule has 3 rings (SSSR count). The molecule has 0 saturated carbocycles. The van der Waals surface area contributed by atoms with Gasteiger partial charge >= 0.3 is 0 Å². The van der Waals surface area contributed by atoms with Crippen LogP contribution in [0.2, 0.25) is 15.2 Å². The highest BCUT2D eigenvalue weighted by Gasteiger charge is 2.10. The van der Waals surface area contributed by atoms with Crippen LogP contribution >= 0.6 is 34.8 Å². The summed E-state index contributed by atoms with van der Waals surface area (Å²) < 4.78 is 0. The van der Waals surface area contributed by atoms with Gasteiger partial charge in [0.05, 0.1) is 10.5 Å². The van der Waals surface area contributed by atoms with Gasteiger partial charge in [0.1, 0.15) is 5.15 Å². The van der Waals surface area contributed by atoms with Crippen LogP contribution in [0.5, 0.6) is 0 Å². The first-order chi connectivity index (χ1) is 9.15. The summed E-state index contributed by atoms with van der Waals surface area (Å²) in [6.07, 6.45) is 0. The molecule has 0 saturated heterocycles. The fourth-order valence-electron chi connectivity index (χ4n) is 1.83. The van der Waals surface area contributed by atoms with Gasteiger partial charge in [-0.15, -0.1) is 0 Å². The summed E-state index contributed by atoms with van der Waals surface area (Å²) >= 11 is 18.3. The van der Waals surface area contributed by atoms with Crippen molar-refractivity contribution in [1.29, 1.82) is 0 Å². The molecule has 0 unspecified atom stereocenters. The van der Waals surface area contributed by atoms with E-state index in [1.165, 1.54) is 0 Å². The third kappa shape index (κ3) is 2.39. The van der Waals surface area contributed by atoms with Crippen LogP contribution in [0.3, 0.4) is 0 Å². The van der Waals surface area contributed by atoms with Crippen LogP contribution < -0.4 is 0 Å². The van der Waals surface area contributed by atoms with Crippen molar-refractivity contribution in [3.8, 4) is 11.4 Å². The molecule has 0 spiro atoms. The van der Waals surface area contributed by atoms with Crippen molar-refractivity contribution in [2.24, 2.45) is 0 Å². The lowest BCUT2D eigenvalue weighted by Gasteiger charge is -2.06. The van der Waals surface area contributed by atoms with E-state index < -0.39 is 0 Å². The van der Waals surface area contributed by atoms with Gasteiger partial charge in [-0.25, -0.2) is 9.97 Å². The Balaban J connectivity index is 2.27. The summed E-state index contributed by atoms with van der Waals surface area (Å²) in [6.45, 7) is 0. The van der Waals surface area contributed by atoms with E-state index in [1.54, 1.807) is 18.2 Å². The molecular weight excluding hydrogens is 303 g/mol. The molecule has 1 aromatic heterocycles. The number of rotatable bonds is 1. The van der Waals surface area contributed by atoms with E-state index in [9.17, 15) is 0 Å². The average Bonchev–Trinajstić information content (AvgIpc) is 2.40. The highest BCUT2D eigenvalue weighted by molar-refractivity contribution is 6.36. The van der Waals surface area contributed by atoms with Gasteiger partial charge in [-0.1, -0.05) is 46.9 Å². The second-order valence-corrected chi connectivity index (χ2v) is 5.18. The second-order valence-electron chi connectivity index (χ2n) is 3.98. The third-order valence-corrected chi connectivity index (χ3v) is 3.58. The Kier molecular flexibility index (Phi) is 3.31. The van der Waals surface area contributed by atoms with Crippen LogP contribution in [-0.4, -0.2) is 9.97 Å². The summed E-state index contributed by atoms with van der Waals surface area (Å²) in [5.41, 5.74) is 1.49. The first kappa shape index (κ1) is 12.7. The van der Waals surface area contributed by atoms with E-state index in [-0.39, 0.29) is 0 Å². The molecule has 0 aliphatic heterocycles. The molecule has 0 radical (unpaired) electrons. The van der Waals surface area contributed by atoms with Crippen molar-refractivity contribution in [3.63, 3.8) is 0 Å². The first-order valence-corrected chi connectivity index (χ1v) is 6.66. The molecule has 0 atom stereocenters. The van der Waals surface area contributed by atoms with Crippen molar-refractivity contribution >= 4 is 45.7 Å². The lowest BCUT2D eigenvalue weighted by Crippen LogP contribution is -1.92. The Morgan fingerprint density at radius 3 is 2.42 bits per heavy atom. The number of nitrogens with zero attached hydrogens (tertiary/aromatic N) is 2. The summed E-state index contributed by atoms with van der Waals surface area (Å²) in [5, 5.41) is 2.28. The van der Waals surface area contributed by atoms with Gasteiger partial charge in [-0.3, -0.25) is 0 Å². The van der Waals surface area contributed by atoms with E-state index in [0.29, 0.717) is 21.0 Å². The first-order valence-electron chi connectivity index (χ1n) is 5.53. The Labute approximate surface area is 125 Å². The fourth-order valence-corrected chi connectivity index (χ4v) is 2.45. The van der Waals surface area contributed by atoms with Gasteiger partial charge < -0.3 is 0 Å². The van der Waals surface area contributed by atoms with E-state index in [0.717, 1.165) is 16.5 Å². The molecular formula is C14H7Cl3N2. The number of halogens is 3. The monoisotopic (exact) mass is 308 g/mol. The lowest BCUT2D eigenvalue weighted by atomic mass is 10.2. The van der Waals surface area contributed by atoms with Gasteiger partial charge in [0.15, 0.2) is 5.82 Å². The SMILES string of the molecule is Clc1ccc2nc(-c3ccccc3Cl)nc(Cl)c2c1. The Morgan fingerprint density at radius 2 is 1.63 bits per heavy atom. The molecule has 0 aliphatic carbocycles. The van der Waals surface area contributed by atoms with Crippen LogP contribution in [0.1, 0.15) is 0 Å². The number of benzene rings is 2. The van der Waals surface area contributed by atoms with Crippen LogP contribution in [-0.2, 0) is 0 Å². The Hall–Kier alpha value is -1.35. The highest BCUT2D eigenvalue weighted by Crippen LogP contribution is 2.30. The number of hydrogen-bond acceptors (Lipinski definition) is 2. The Bertz CT molecular complexity index is 772. The summed E-state index contributed by atoms with van der Waals surface area (Å²) in [6, 6.07) is 12.7. The zero-order valence-electron chi connectivity index (χ0n) is 9.57. The van der Waals surface area contributed by atoms with Crippen LogP contribution in [0.15, 0.2) is 42.5 Å². The zero-order valence-corrected chi connectivity index (χ0v) is 11.8. The minimum atomic E-state index is 0.363. The van der Waals surface area contributed by atoms with Gasteiger partial charge in [0.2, 0.25) is 0 Å². The van der Waals surface area contributed by atoms with E-state index in [2.05, 4.69) is 9.97 Å². The topological polar surface area (TPSA) is 25.8 Å². The van der Waals surface area contributed by atoms with Crippen molar-refractivity contribution in [2.45, 2.75) is 0 Å². The van der Waals surface area contributed by atoms with Gasteiger partial charge in [-0.2, -0.15) is 0 Å². The second kappa shape index (κ2) is 4.97. The van der Waals surface area contributed by atoms with Crippen LogP contribution in [0, 0.1) is 0 Å². The maximum absolute atomic E-state index is 6.18. The molecule has 0 N–H and O–H groups in total. The standard InChI is InChI=1S/C14H7Cl3N2/c15-8-5-6-12-10(7-8)13(17)19-14(18-12)9-3-1-2-4-11(9)16/h1-7H. The molecule has 94 valence electrons. The predicted molar refractivity (Wildman–Crippen MR) is 80.0 cm³/mol. The fraction of sp³-hybridized carbons (Fsp3) is 0. The molecule has 5 heteroatoms. The average molecular weight is 310 g/mol. The molecule has 3 aromatic rings. The van der Waals surface area contributed by atoms with Crippen molar-refractivity contribution in [1.82, 2.24) is 9.97 Å². The normalized spacial score (nSPS) is 10.9. The van der Waals surface area contributed by atoms with Crippen molar-refractivity contribution < 1.29 is 0 Å². The largest absolute Gasteiger partial charge is 0.228 e. The van der Waals surface area contributed by atoms with E-state index in [4.69, 9.17) is 34.8 Å². The minimum Gasteiger partial charge on any atom is -0.228 e. The van der Waals surface area contributed by atoms with E-state index in [1.807, 2.05) is 24.3 Å². The molecule has 0 bridgehead atoms. The highest BCUT2D eigenvalue weighted by atomic mass is 35.5. The van der Waals surface area contributed by atoms with Gasteiger partial charge in [-0.05, 0) is 30.3 Å². The molecule has 0 fully saturated rings. The third-order valence-electron chi connectivity index (χ3n) is 2.73. The summed E-state index contributed by atoms with van der Waals surface area (Å²) in [4.78, 5) is 8.75. The number of fused-ring (bicyclic) bond motifs is 1. The lowest BCUT2D eigenvalue weighted by molar-refractivity contribution is 1.23. The van der Waals surface area contributed by atoms with Crippen molar-refractivity contribution in [3.05, 3.63) is 57.7 Å². The molecule has 0 amide bonds. The maximum atomic E-state index is 6.18. The van der Waals surface area contributed by atoms with E-state index >= 15 is 0 Å². The quantitative estimate of drug-likeness (QED) is 0.573. The minimum absolute atomic E-state index is 0.363. The number of hydrogen-bond donors (Lipinski definition) is 0. The molecule has 0 aliphatic rings. The summed E-state index contributed by atoms with van der Waals surface area (Å²) in [5.74, 6) is 0.505. The molecule has 2 aromatic carbocycles. The molecule has 2 nitrogen and oxygen atoms in total. The van der Waals surface area contributed by atoms with Gasteiger partial charge in [0, 0.05) is 16.0 Å². The molecule has 19 heavy (non-hydrogen) atoms. The predicted octanol–water partition coefficient (Wildman–Crippen LogP) is 5.26. The molecule has 1 heterocycles. The van der Waals surface area contributed by atoms with Crippen LogP contribution in [0.25, 0.3) is 22.3 Å².